The van der Waals surface area contributed by atoms with Crippen molar-refractivity contribution in [2.75, 3.05) is 0 Å². The summed E-state index contributed by atoms with van der Waals surface area (Å²) in [5.41, 5.74) is 6.04. The Morgan fingerprint density at radius 2 is 1.42 bits per heavy atom. The Labute approximate surface area is 189 Å². The van der Waals surface area contributed by atoms with Crippen LogP contribution in [0.25, 0.3) is 0 Å². The molecule has 0 bridgehead atoms. The molecule has 3 N–H and O–H groups in total. The van der Waals surface area contributed by atoms with Crippen molar-refractivity contribution in [2.24, 2.45) is 0 Å². The molecule has 0 saturated carbocycles. The highest BCUT2D eigenvalue weighted by molar-refractivity contribution is 6.35. The molecule has 0 unspecified atom stereocenters. The van der Waals surface area contributed by atoms with E-state index >= 15 is 0 Å². The number of nitrogens with one attached hydrogen (secondary N) is 3. The molecule has 0 saturated heterocycles. The standard InChI is InChI=1S/C23H19Cl2N3O3/c24-17-11-12-19(25)18(14-17)22(30)27-28-23(31)20(13-15-7-3-1-4-8-15)26-21(29)16-9-5-2-6-10-16/h1-12,14,20H,13H2,(H,26,29)(H,27,30)(H,28,31)/t20-/m0/s1. The van der Waals surface area contributed by atoms with Gasteiger partial charge in [-0.2, -0.15) is 0 Å². The molecule has 0 aromatic heterocycles. The summed E-state index contributed by atoms with van der Waals surface area (Å²) in [6, 6.07) is 21.3. The zero-order chi connectivity index (χ0) is 22.2. The number of carbonyl (C=O) groups excluding carboxylic acids is 3. The number of halogens is 2. The molecule has 3 amide bonds. The van der Waals surface area contributed by atoms with Crippen molar-refractivity contribution in [3.63, 3.8) is 0 Å². The highest BCUT2D eigenvalue weighted by atomic mass is 35.5. The molecule has 3 aromatic carbocycles. The molecule has 3 rings (SSSR count). The number of carbonyl (C=O) groups is 3. The van der Waals surface area contributed by atoms with Crippen LogP contribution in [0.4, 0.5) is 0 Å². The first kappa shape index (κ1) is 22.3. The molecule has 3 aromatic rings. The van der Waals surface area contributed by atoms with Crippen molar-refractivity contribution in [1.82, 2.24) is 16.2 Å². The fourth-order valence-electron chi connectivity index (χ4n) is 2.83. The van der Waals surface area contributed by atoms with Gasteiger partial charge in [0.1, 0.15) is 6.04 Å². The lowest BCUT2D eigenvalue weighted by Gasteiger charge is -2.19. The number of rotatable bonds is 6. The lowest BCUT2D eigenvalue weighted by Crippen LogP contribution is -2.53. The molecule has 0 spiro atoms. The lowest BCUT2D eigenvalue weighted by molar-refractivity contribution is -0.123. The van der Waals surface area contributed by atoms with Crippen LogP contribution in [0.1, 0.15) is 26.3 Å². The molecule has 0 aliphatic carbocycles. The van der Waals surface area contributed by atoms with Gasteiger partial charge in [-0.05, 0) is 35.9 Å². The zero-order valence-corrected chi connectivity index (χ0v) is 17.8. The summed E-state index contributed by atoms with van der Waals surface area (Å²) in [5.74, 6) is -1.62. The molecule has 0 aliphatic heterocycles. The molecule has 8 heteroatoms. The Balaban J connectivity index is 1.71. The SMILES string of the molecule is O=C(N[C@@H](Cc1ccccc1)C(=O)NNC(=O)c1cc(Cl)ccc1Cl)c1ccccc1. The van der Waals surface area contributed by atoms with Crippen LogP contribution in [0.5, 0.6) is 0 Å². The van der Waals surface area contributed by atoms with Gasteiger partial charge in [0.25, 0.3) is 17.7 Å². The second-order valence-electron chi connectivity index (χ2n) is 6.65. The molecular formula is C23H19Cl2N3O3. The van der Waals surface area contributed by atoms with Crippen LogP contribution in [0.3, 0.4) is 0 Å². The molecule has 0 fully saturated rings. The van der Waals surface area contributed by atoms with Crippen molar-refractivity contribution < 1.29 is 14.4 Å². The van der Waals surface area contributed by atoms with Gasteiger partial charge < -0.3 is 5.32 Å². The quantitative estimate of drug-likeness (QED) is 0.494. The van der Waals surface area contributed by atoms with Crippen LogP contribution in [0.15, 0.2) is 78.9 Å². The summed E-state index contributed by atoms with van der Waals surface area (Å²) in [6.07, 6.45) is 0.235. The van der Waals surface area contributed by atoms with Gasteiger partial charge in [0, 0.05) is 17.0 Å². The third-order valence-electron chi connectivity index (χ3n) is 4.41. The third-order valence-corrected chi connectivity index (χ3v) is 4.98. The van der Waals surface area contributed by atoms with E-state index in [0.29, 0.717) is 10.6 Å². The number of amides is 3. The highest BCUT2D eigenvalue weighted by Crippen LogP contribution is 2.20. The maximum atomic E-state index is 12.8. The Bertz CT molecular complexity index is 1080. The summed E-state index contributed by atoms with van der Waals surface area (Å²) in [7, 11) is 0. The zero-order valence-electron chi connectivity index (χ0n) is 16.3. The van der Waals surface area contributed by atoms with Gasteiger partial charge >= 0.3 is 0 Å². The second kappa shape index (κ2) is 10.6. The minimum absolute atomic E-state index is 0.113. The van der Waals surface area contributed by atoms with Gasteiger partial charge in [-0.25, -0.2) is 0 Å². The van der Waals surface area contributed by atoms with Crippen LogP contribution in [0.2, 0.25) is 10.0 Å². The van der Waals surface area contributed by atoms with Crippen LogP contribution >= 0.6 is 23.2 Å². The summed E-state index contributed by atoms with van der Waals surface area (Å²) in [4.78, 5) is 37.8. The van der Waals surface area contributed by atoms with Crippen LogP contribution in [-0.4, -0.2) is 23.8 Å². The predicted octanol–water partition coefficient (Wildman–Crippen LogP) is 3.80. The van der Waals surface area contributed by atoms with E-state index in [1.807, 2.05) is 30.3 Å². The Kier molecular flexibility index (Phi) is 7.65. The van der Waals surface area contributed by atoms with E-state index in [4.69, 9.17) is 23.2 Å². The second-order valence-corrected chi connectivity index (χ2v) is 7.49. The first-order valence-electron chi connectivity index (χ1n) is 9.39. The van der Waals surface area contributed by atoms with Crippen LogP contribution in [0, 0.1) is 0 Å². The predicted molar refractivity (Wildman–Crippen MR) is 120 cm³/mol. The molecular weight excluding hydrogens is 437 g/mol. The normalized spacial score (nSPS) is 11.3. The van der Waals surface area contributed by atoms with E-state index in [0.717, 1.165) is 5.56 Å². The largest absolute Gasteiger partial charge is 0.340 e. The molecule has 0 aliphatic rings. The van der Waals surface area contributed by atoms with Gasteiger partial charge in [-0.1, -0.05) is 71.7 Å². The summed E-state index contributed by atoms with van der Waals surface area (Å²) in [6.45, 7) is 0. The fraction of sp³-hybridized carbons (Fsp3) is 0.0870. The summed E-state index contributed by atoms with van der Waals surface area (Å²) >= 11 is 11.9. The minimum atomic E-state index is -0.926. The monoisotopic (exact) mass is 455 g/mol. The van der Waals surface area contributed by atoms with E-state index in [1.54, 1.807) is 36.4 Å². The van der Waals surface area contributed by atoms with Gasteiger partial charge in [0.2, 0.25) is 0 Å². The first-order valence-corrected chi connectivity index (χ1v) is 10.1. The van der Waals surface area contributed by atoms with Gasteiger partial charge in [0.15, 0.2) is 0 Å². The fourth-order valence-corrected chi connectivity index (χ4v) is 3.21. The highest BCUT2D eigenvalue weighted by Gasteiger charge is 2.23. The third kappa shape index (κ3) is 6.31. The Hall–Kier alpha value is -3.35. The molecule has 1 atom stereocenters. The number of hydrogen-bond donors (Lipinski definition) is 3. The van der Waals surface area contributed by atoms with E-state index in [9.17, 15) is 14.4 Å². The smallest absolute Gasteiger partial charge is 0.271 e. The summed E-state index contributed by atoms with van der Waals surface area (Å²) in [5, 5.41) is 3.24. The maximum Gasteiger partial charge on any atom is 0.271 e. The molecule has 158 valence electrons. The first-order chi connectivity index (χ1) is 14.9. The van der Waals surface area contributed by atoms with E-state index in [1.165, 1.54) is 12.1 Å². The lowest BCUT2D eigenvalue weighted by atomic mass is 10.0. The number of hydrazine groups is 1. The van der Waals surface area contributed by atoms with Crippen molar-refractivity contribution in [2.45, 2.75) is 12.5 Å². The molecule has 0 heterocycles. The topological polar surface area (TPSA) is 87.3 Å². The van der Waals surface area contributed by atoms with E-state index in [-0.39, 0.29) is 17.0 Å². The van der Waals surface area contributed by atoms with Crippen molar-refractivity contribution in [3.05, 3.63) is 106 Å². The summed E-state index contributed by atoms with van der Waals surface area (Å²) < 4.78 is 0. The van der Waals surface area contributed by atoms with Crippen molar-refractivity contribution in [1.29, 1.82) is 0 Å². The van der Waals surface area contributed by atoms with Crippen LogP contribution in [-0.2, 0) is 11.2 Å². The Morgan fingerprint density at radius 3 is 2.10 bits per heavy atom. The van der Waals surface area contributed by atoms with E-state index < -0.39 is 23.8 Å². The Morgan fingerprint density at radius 1 is 0.774 bits per heavy atom. The molecule has 31 heavy (non-hydrogen) atoms. The minimum Gasteiger partial charge on any atom is -0.340 e. The van der Waals surface area contributed by atoms with Gasteiger partial charge in [-0.15, -0.1) is 0 Å². The maximum absolute atomic E-state index is 12.8. The van der Waals surface area contributed by atoms with Crippen molar-refractivity contribution >= 4 is 40.9 Å². The average Bonchev–Trinajstić information content (AvgIpc) is 2.79. The van der Waals surface area contributed by atoms with E-state index in [2.05, 4.69) is 16.2 Å². The number of benzene rings is 3. The molecule has 6 nitrogen and oxygen atoms in total. The van der Waals surface area contributed by atoms with Gasteiger partial charge in [0.05, 0.1) is 10.6 Å². The molecule has 0 radical (unpaired) electrons. The average molecular weight is 456 g/mol. The van der Waals surface area contributed by atoms with Crippen LogP contribution < -0.4 is 16.2 Å². The van der Waals surface area contributed by atoms with Crippen molar-refractivity contribution in [3.8, 4) is 0 Å². The van der Waals surface area contributed by atoms with Gasteiger partial charge in [-0.3, -0.25) is 25.2 Å². The number of hydrogen-bond acceptors (Lipinski definition) is 3.